The van der Waals surface area contributed by atoms with Gasteiger partial charge in [-0.2, -0.15) is 0 Å². The number of hydrogen-bond donors (Lipinski definition) is 1. The van der Waals surface area contributed by atoms with Gasteiger partial charge in [-0.1, -0.05) is 27.7 Å². The van der Waals surface area contributed by atoms with E-state index in [0.29, 0.717) is 5.92 Å². The number of anilines is 1. The Kier molecular flexibility index (Phi) is 5.85. The van der Waals surface area contributed by atoms with Crippen molar-refractivity contribution in [3.05, 3.63) is 10.6 Å². The molecule has 0 radical (unpaired) electrons. The Morgan fingerprint density at radius 2 is 2.05 bits per heavy atom. The van der Waals surface area contributed by atoms with Crippen LogP contribution in [0.5, 0.6) is 0 Å². The molecular weight excluding hydrogens is 266 g/mol. The van der Waals surface area contributed by atoms with Crippen molar-refractivity contribution in [3.8, 4) is 0 Å². The fraction of sp³-hybridized carbons (Fsp3) is 0.812. The van der Waals surface area contributed by atoms with Gasteiger partial charge in [-0.05, 0) is 37.6 Å². The Morgan fingerprint density at radius 3 is 2.65 bits per heavy atom. The minimum absolute atomic E-state index is 0.516. The lowest BCUT2D eigenvalue weighted by molar-refractivity contribution is 0.438. The van der Waals surface area contributed by atoms with Crippen molar-refractivity contribution in [2.24, 2.45) is 5.92 Å². The standard InChI is InChI=1S/C16H29N3S/c1-5-8-17-11-14-15(12(2)3)18-16(20-14)19-9-6-13(4)7-10-19/h12-13,17H,5-11H2,1-4H3. The maximum Gasteiger partial charge on any atom is 0.185 e. The molecule has 0 bridgehead atoms. The van der Waals surface area contributed by atoms with Crippen LogP contribution in [0.3, 0.4) is 0 Å². The first kappa shape index (κ1) is 15.8. The smallest absolute Gasteiger partial charge is 0.185 e. The van der Waals surface area contributed by atoms with Crippen molar-refractivity contribution in [2.45, 2.75) is 59.4 Å². The number of hydrogen-bond acceptors (Lipinski definition) is 4. The van der Waals surface area contributed by atoms with Gasteiger partial charge in [-0.25, -0.2) is 4.98 Å². The third-order valence-electron chi connectivity index (χ3n) is 4.03. The van der Waals surface area contributed by atoms with E-state index in [2.05, 4.69) is 37.9 Å². The van der Waals surface area contributed by atoms with Crippen molar-refractivity contribution in [2.75, 3.05) is 24.5 Å². The normalized spacial score (nSPS) is 17.1. The molecule has 1 fully saturated rings. The molecule has 1 N–H and O–H groups in total. The molecule has 20 heavy (non-hydrogen) atoms. The Labute approximate surface area is 127 Å². The van der Waals surface area contributed by atoms with Crippen molar-refractivity contribution < 1.29 is 0 Å². The Morgan fingerprint density at radius 1 is 1.35 bits per heavy atom. The molecule has 1 aliphatic rings. The summed E-state index contributed by atoms with van der Waals surface area (Å²) in [7, 11) is 0. The second-order valence-electron chi connectivity index (χ2n) is 6.31. The highest BCUT2D eigenvalue weighted by Gasteiger charge is 2.21. The summed E-state index contributed by atoms with van der Waals surface area (Å²) in [5.74, 6) is 1.39. The predicted molar refractivity (Wildman–Crippen MR) is 88.8 cm³/mol. The minimum Gasteiger partial charge on any atom is -0.348 e. The molecule has 4 heteroatoms. The van der Waals surface area contributed by atoms with Gasteiger partial charge in [0.2, 0.25) is 0 Å². The zero-order chi connectivity index (χ0) is 14.5. The van der Waals surface area contributed by atoms with E-state index in [-0.39, 0.29) is 0 Å². The quantitative estimate of drug-likeness (QED) is 0.804. The summed E-state index contributed by atoms with van der Waals surface area (Å²) in [6.45, 7) is 13.5. The molecule has 114 valence electrons. The molecule has 0 unspecified atom stereocenters. The lowest BCUT2D eigenvalue weighted by atomic mass is 10.00. The van der Waals surface area contributed by atoms with Crippen LogP contribution in [0.15, 0.2) is 0 Å². The second-order valence-corrected chi connectivity index (χ2v) is 7.37. The first-order chi connectivity index (χ1) is 9.61. The SMILES string of the molecule is CCCNCc1sc(N2CCC(C)CC2)nc1C(C)C. The summed E-state index contributed by atoms with van der Waals surface area (Å²) < 4.78 is 0. The van der Waals surface area contributed by atoms with Crippen LogP contribution < -0.4 is 10.2 Å². The number of nitrogens with zero attached hydrogens (tertiary/aromatic N) is 2. The van der Waals surface area contributed by atoms with Crippen molar-refractivity contribution >= 4 is 16.5 Å². The van der Waals surface area contributed by atoms with E-state index in [9.17, 15) is 0 Å². The third kappa shape index (κ3) is 3.95. The summed E-state index contributed by atoms with van der Waals surface area (Å²) in [6.07, 6.45) is 3.80. The van der Waals surface area contributed by atoms with Crippen molar-refractivity contribution in [3.63, 3.8) is 0 Å². The average Bonchev–Trinajstić information content (AvgIpc) is 2.84. The second kappa shape index (κ2) is 7.41. The van der Waals surface area contributed by atoms with Crippen LogP contribution in [-0.4, -0.2) is 24.6 Å². The van der Waals surface area contributed by atoms with Crippen LogP contribution in [0.2, 0.25) is 0 Å². The monoisotopic (exact) mass is 295 g/mol. The molecule has 0 aliphatic carbocycles. The summed E-state index contributed by atoms with van der Waals surface area (Å²) in [5.41, 5.74) is 1.30. The van der Waals surface area contributed by atoms with Gasteiger partial charge < -0.3 is 10.2 Å². The number of rotatable bonds is 6. The average molecular weight is 295 g/mol. The highest BCUT2D eigenvalue weighted by Crippen LogP contribution is 2.32. The first-order valence-electron chi connectivity index (χ1n) is 8.07. The minimum atomic E-state index is 0.516. The van der Waals surface area contributed by atoms with Gasteiger partial charge in [0.1, 0.15) is 0 Å². The van der Waals surface area contributed by atoms with E-state index < -0.39 is 0 Å². The van der Waals surface area contributed by atoms with Crippen LogP contribution >= 0.6 is 11.3 Å². The third-order valence-corrected chi connectivity index (χ3v) is 5.16. The Balaban J connectivity index is 2.07. The molecule has 0 aromatic carbocycles. The molecule has 1 aromatic heterocycles. The first-order valence-corrected chi connectivity index (χ1v) is 8.88. The molecule has 2 rings (SSSR count). The number of aromatic nitrogens is 1. The molecular formula is C16H29N3S. The lowest BCUT2D eigenvalue weighted by Crippen LogP contribution is -2.32. The van der Waals surface area contributed by atoms with E-state index in [1.165, 1.54) is 48.1 Å². The highest BCUT2D eigenvalue weighted by molar-refractivity contribution is 7.15. The summed E-state index contributed by atoms with van der Waals surface area (Å²) in [5, 5.41) is 4.77. The molecule has 3 nitrogen and oxygen atoms in total. The summed E-state index contributed by atoms with van der Waals surface area (Å²) in [6, 6.07) is 0. The molecule has 0 atom stereocenters. The number of nitrogens with one attached hydrogen (secondary N) is 1. The fourth-order valence-electron chi connectivity index (χ4n) is 2.64. The molecule has 0 spiro atoms. The van der Waals surface area contributed by atoms with Gasteiger partial charge >= 0.3 is 0 Å². The number of piperidine rings is 1. The van der Waals surface area contributed by atoms with Gasteiger partial charge in [0.05, 0.1) is 5.69 Å². The molecule has 0 amide bonds. The van der Waals surface area contributed by atoms with Crippen LogP contribution in [0, 0.1) is 5.92 Å². The van der Waals surface area contributed by atoms with Crippen LogP contribution in [0.4, 0.5) is 5.13 Å². The van der Waals surface area contributed by atoms with Gasteiger partial charge in [0, 0.05) is 24.5 Å². The fourth-order valence-corrected chi connectivity index (χ4v) is 3.88. The van der Waals surface area contributed by atoms with Crippen LogP contribution in [-0.2, 0) is 6.54 Å². The van der Waals surface area contributed by atoms with Crippen molar-refractivity contribution in [1.82, 2.24) is 10.3 Å². The zero-order valence-electron chi connectivity index (χ0n) is 13.4. The maximum atomic E-state index is 4.94. The van der Waals surface area contributed by atoms with Gasteiger partial charge in [-0.3, -0.25) is 0 Å². The van der Waals surface area contributed by atoms with E-state index in [1.807, 2.05) is 11.3 Å². The number of thiazole rings is 1. The summed E-state index contributed by atoms with van der Waals surface area (Å²) in [4.78, 5) is 8.86. The van der Waals surface area contributed by atoms with Gasteiger partial charge in [-0.15, -0.1) is 11.3 Å². The maximum absolute atomic E-state index is 4.94. The van der Waals surface area contributed by atoms with E-state index >= 15 is 0 Å². The summed E-state index contributed by atoms with van der Waals surface area (Å²) >= 11 is 1.90. The molecule has 1 aromatic rings. The van der Waals surface area contributed by atoms with E-state index in [1.54, 1.807) is 0 Å². The lowest BCUT2D eigenvalue weighted by Gasteiger charge is -2.29. The molecule has 0 saturated carbocycles. The van der Waals surface area contributed by atoms with Crippen LogP contribution in [0.25, 0.3) is 0 Å². The Bertz CT molecular complexity index is 406. The van der Waals surface area contributed by atoms with Gasteiger partial charge in [0.25, 0.3) is 0 Å². The molecule has 1 aliphatic heterocycles. The van der Waals surface area contributed by atoms with Crippen LogP contribution in [0.1, 0.15) is 63.4 Å². The largest absolute Gasteiger partial charge is 0.348 e. The van der Waals surface area contributed by atoms with E-state index in [0.717, 1.165) is 19.0 Å². The Hall–Kier alpha value is -0.610. The van der Waals surface area contributed by atoms with Crippen molar-refractivity contribution in [1.29, 1.82) is 0 Å². The topological polar surface area (TPSA) is 28.2 Å². The molecule has 2 heterocycles. The van der Waals surface area contributed by atoms with E-state index in [4.69, 9.17) is 4.98 Å². The van der Waals surface area contributed by atoms with Gasteiger partial charge in [0.15, 0.2) is 5.13 Å². The highest BCUT2D eigenvalue weighted by atomic mass is 32.1. The zero-order valence-corrected chi connectivity index (χ0v) is 14.2. The molecule has 1 saturated heterocycles. The predicted octanol–water partition coefficient (Wildman–Crippen LogP) is 4.00.